The molecule has 2 aliphatic rings. The summed E-state index contributed by atoms with van der Waals surface area (Å²) in [5, 5.41) is 0. The number of hydrogen-bond donors (Lipinski definition) is 1. The number of nitrogens with zero attached hydrogens (tertiary/aromatic N) is 3. The van der Waals surface area contributed by atoms with Crippen LogP contribution in [0.25, 0.3) is 0 Å². The molecular weight excluding hydrogens is 260 g/mol. The molecule has 2 N–H and O–H groups in total. The Labute approximate surface area is 128 Å². The summed E-state index contributed by atoms with van der Waals surface area (Å²) in [5.74, 6) is 0. The number of piperidine rings is 1. The summed E-state index contributed by atoms with van der Waals surface area (Å²) in [4.78, 5) is 9.63. The van der Waals surface area contributed by atoms with Crippen molar-refractivity contribution in [3.8, 4) is 0 Å². The molecule has 21 heavy (non-hydrogen) atoms. The molecule has 0 aromatic carbocycles. The molecule has 3 unspecified atom stereocenters. The zero-order chi connectivity index (χ0) is 14.8. The van der Waals surface area contributed by atoms with Crippen LogP contribution in [0, 0.1) is 6.92 Å². The van der Waals surface area contributed by atoms with Gasteiger partial charge in [0, 0.05) is 50.2 Å². The Kier molecular flexibility index (Phi) is 4.57. The first kappa shape index (κ1) is 14.9. The molecule has 4 heteroatoms. The molecule has 0 bridgehead atoms. The molecule has 3 atom stereocenters. The Bertz CT molecular complexity index is 476. The van der Waals surface area contributed by atoms with Crippen LogP contribution < -0.4 is 5.73 Å². The number of rotatable bonds is 3. The fourth-order valence-electron chi connectivity index (χ4n) is 4.08. The van der Waals surface area contributed by atoms with Crippen molar-refractivity contribution in [3.05, 3.63) is 29.6 Å². The van der Waals surface area contributed by atoms with Crippen LogP contribution in [-0.4, -0.2) is 53.0 Å². The molecule has 0 aliphatic carbocycles. The maximum absolute atomic E-state index is 6.15. The second-order valence-electron chi connectivity index (χ2n) is 6.67. The van der Waals surface area contributed by atoms with Crippen molar-refractivity contribution in [3.63, 3.8) is 0 Å². The van der Waals surface area contributed by atoms with E-state index in [2.05, 4.69) is 34.7 Å². The Morgan fingerprint density at radius 3 is 3.00 bits per heavy atom. The van der Waals surface area contributed by atoms with Crippen LogP contribution in [0.2, 0.25) is 0 Å². The molecule has 2 saturated heterocycles. The van der Waals surface area contributed by atoms with Crippen molar-refractivity contribution in [1.29, 1.82) is 0 Å². The zero-order valence-electron chi connectivity index (χ0n) is 13.3. The van der Waals surface area contributed by atoms with Crippen LogP contribution in [0.3, 0.4) is 0 Å². The van der Waals surface area contributed by atoms with Crippen LogP contribution in [0.5, 0.6) is 0 Å². The molecule has 1 aromatic heterocycles. The second kappa shape index (κ2) is 6.42. The molecule has 3 rings (SSSR count). The van der Waals surface area contributed by atoms with E-state index in [1.165, 1.54) is 43.5 Å². The van der Waals surface area contributed by atoms with Gasteiger partial charge in [0.1, 0.15) is 0 Å². The molecule has 0 radical (unpaired) electrons. The zero-order valence-corrected chi connectivity index (χ0v) is 13.3. The van der Waals surface area contributed by atoms with Crippen molar-refractivity contribution in [2.45, 2.75) is 51.2 Å². The van der Waals surface area contributed by atoms with Gasteiger partial charge in [-0.3, -0.25) is 14.8 Å². The first-order chi connectivity index (χ1) is 10.2. The number of pyridine rings is 1. The third-order valence-electron chi connectivity index (χ3n) is 5.30. The lowest BCUT2D eigenvalue weighted by Gasteiger charge is -2.50. The molecular formula is C17H28N4. The summed E-state index contributed by atoms with van der Waals surface area (Å²) in [7, 11) is 0. The highest BCUT2D eigenvalue weighted by molar-refractivity contribution is 5.26. The lowest BCUT2D eigenvalue weighted by Crippen LogP contribution is -2.60. The monoisotopic (exact) mass is 288 g/mol. The SMILES string of the molecule is Cc1ccncc1C(CN)N1CC2CCCCN2CC1C. The second-order valence-corrected chi connectivity index (χ2v) is 6.67. The van der Waals surface area contributed by atoms with E-state index in [-0.39, 0.29) is 0 Å². The first-order valence-corrected chi connectivity index (χ1v) is 8.31. The van der Waals surface area contributed by atoms with Crippen LogP contribution in [0.1, 0.15) is 43.4 Å². The van der Waals surface area contributed by atoms with E-state index in [0.717, 1.165) is 12.6 Å². The maximum atomic E-state index is 6.15. The number of fused-ring (bicyclic) bond motifs is 1. The van der Waals surface area contributed by atoms with Gasteiger partial charge in [-0.15, -0.1) is 0 Å². The molecule has 2 fully saturated rings. The summed E-state index contributed by atoms with van der Waals surface area (Å²) < 4.78 is 0. The minimum atomic E-state index is 0.303. The standard InChI is InChI=1S/C17H28N4/c1-13-6-7-19-10-16(13)17(9-18)21-12-15-5-3-4-8-20(15)11-14(21)2/h6-7,10,14-15,17H,3-5,8-9,11-12,18H2,1-2H3. The van der Waals surface area contributed by atoms with Crippen LogP contribution in [0.4, 0.5) is 0 Å². The number of hydrogen-bond acceptors (Lipinski definition) is 4. The molecule has 4 nitrogen and oxygen atoms in total. The highest BCUT2D eigenvalue weighted by Gasteiger charge is 2.36. The average Bonchev–Trinajstić information content (AvgIpc) is 2.50. The summed E-state index contributed by atoms with van der Waals surface area (Å²) in [5.41, 5.74) is 8.76. The fourth-order valence-corrected chi connectivity index (χ4v) is 4.08. The van der Waals surface area contributed by atoms with Crippen molar-refractivity contribution < 1.29 is 0 Å². The third kappa shape index (κ3) is 2.98. The minimum absolute atomic E-state index is 0.303. The van der Waals surface area contributed by atoms with Crippen molar-refractivity contribution in [1.82, 2.24) is 14.8 Å². The van der Waals surface area contributed by atoms with Gasteiger partial charge in [-0.05, 0) is 50.4 Å². The van der Waals surface area contributed by atoms with Crippen molar-refractivity contribution in [2.24, 2.45) is 5.73 Å². The van der Waals surface area contributed by atoms with Gasteiger partial charge in [0.15, 0.2) is 0 Å². The highest BCUT2D eigenvalue weighted by atomic mass is 15.3. The van der Waals surface area contributed by atoms with E-state index < -0.39 is 0 Å². The first-order valence-electron chi connectivity index (χ1n) is 8.31. The number of piperazine rings is 1. The third-order valence-corrected chi connectivity index (χ3v) is 5.30. The molecule has 2 aliphatic heterocycles. The van der Waals surface area contributed by atoms with E-state index >= 15 is 0 Å². The van der Waals surface area contributed by atoms with Crippen LogP contribution in [0.15, 0.2) is 18.5 Å². The van der Waals surface area contributed by atoms with E-state index in [4.69, 9.17) is 5.73 Å². The van der Waals surface area contributed by atoms with Gasteiger partial charge in [-0.2, -0.15) is 0 Å². The summed E-state index contributed by atoms with van der Waals surface area (Å²) in [6.07, 6.45) is 7.96. The molecule has 116 valence electrons. The average molecular weight is 288 g/mol. The van der Waals surface area contributed by atoms with Gasteiger partial charge < -0.3 is 5.73 Å². The largest absolute Gasteiger partial charge is 0.329 e. The molecule has 0 saturated carbocycles. The van der Waals surface area contributed by atoms with E-state index in [0.29, 0.717) is 18.6 Å². The van der Waals surface area contributed by atoms with E-state index in [1.807, 2.05) is 12.4 Å². The normalized spacial score (nSPS) is 29.1. The van der Waals surface area contributed by atoms with Gasteiger partial charge in [-0.1, -0.05) is 6.42 Å². The summed E-state index contributed by atoms with van der Waals surface area (Å²) in [6.45, 7) is 8.80. The van der Waals surface area contributed by atoms with Gasteiger partial charge in [-0.25, -0.2) is 0 Å². The Morgan fingerprint density at radius 2 is 2.24 bits per heavy atom. The molecule has 0 spiro atoms. The number of aryl methyl sites for hydroxylation is 1. The quantitative estimate of drug-likeness (QED) is 0.923. The lowest BCUT2D eigenvalue weighted by atomic mass is 9.93. The summed E-state index contributed by atoms with van der Waals surface area (Å²) >= 11 is 0. The molecule has 1 aromatic rings. The van der Waals surface area contributed by atoms with Gasteiger partial charge in [0.25, 0.3) is 0 Å². The van der Waals surface area contributed by atoms with Gasteiger partial charge in [0.05, 0.1) is 0 Å². The van der Waals surface area contributed by atoms with Crippen LogP contribution in [-0.2, 0) is 0 Å². The smallest absolute Gasteiger partial charge is 0.0492 e. The lowest BCUT2D eigenvalue weighted by molar-refractivity contribution is -0.00685. The predicted octanol–water partition coefficient (Wildman–Crippen LogP) is 1.95. The minimum Gasteiger partial charge on any atom is -0.329 e. The van der Waals surface area contributed by atoms with Crippen LogP contribution >= 0.6 is 0 Å². The van der Waals surface area contributed by atoms with Crippen molar-refractivity contribution in [2.75, 3.05) is 26.2 Å². The topological polar surface area (TPSA) is 45.4 Å². The number of aromatic nitrogens is 1. The number of nitrogens with two attached hydrogens (primary N) is 1. The van der Waals surface area contributed by atoms with Gasteiger partial charge >= 0.3 is 0 Å². The van der Waals surface area contributed by atoms with Crippen molar-refractivity contribution >= 4 is 0 Å². The van der Waals surface area contributed by atoms with E-state index in [1.54, 1.807) is 0 Å². The Morgan fingerprint density at radius 1 is 1.38 bits per heavy atom. The molecule has 0 amide bonds. The maximum Gasteiger partial charge on any atom is 0.0492 e. The van der Waals surface area contributed by atoms with E-state index in [9.17, 15) is 0 Å². The fraction of sp³-hybridized carbons (Fsp3) is 0.706. The molecule has 3 heterocycles. The predicted molar refractivity (Wildman–Crippen MR) is 86.1 cm³/mol. The Balaban J connectivity index is 1.81. The Hall–Kier alpha value is -0.970. The highest BCUT2D eigenvalue weighted by Crippen LogP contribution is 2.31. The summed E-state index contributed by atoms with van der Waals surface area (Å²) in [6, 6.07) is 3.69. The van der Waals surface area contributed by atoms with Gasteiger partial charge in [0.2, 0.25) is 0 Å².